The molecule has 0 spiro atoms. The molecule has 90 valence electrons. The van der Waals surface area contributed by atoms with Crippen LogP contribution >= 0.6 is 0 Å². The van der Waals surface area contributed by atoms with E-state index in [0.717, 1.165) is 25.4 Å². The largest absolute Gasteiger partial charge is 0.385 e. The summed E-state index contributed by atoms with van der Waals surface area (Å²) in [6.07, 6.45) is 3.41. The number of aromatic nitrogens is 4. The number of tetrazole rings is 1. The third-order valence-electron chi connectivity index (χ3n) is 2.82. The second-order valence-electron chi connectivity index (χ2n) is 4.33. The first-order valence-corrected chi connectivity index (χ1v) is 5.80. The Morgan fingerprint density at radius 2 is 2.38 bits per heavy atom. The smallest absolute Gasteiger partial charge is 0.165 e. The van der Waals surface area contributed by atoms with Crippen LogP contribution in [0.25, 0.3) is 0 Å². The summed E-state index contributed by atoms with van der Waals surface area (Å²) in [7, 11) is 1.72. The molecule has 0 saturated heterocycles. The van der Waals surface area contributed by atoms with Crippen molar-refractivity contribution in [2.45, 2.75) is 44.8 Å². The molecule has 1 aromatic heterocycles. The van der Waals surface area contributed by atoms with Crippen molar-refractivity contribution in [1.29, 1.82) is 0 Å². The molecule has 0 aliphatic heterocycles. The molecule has 2 rings (SSSR count). The maximum absolute atomic E-state index is 5.04. The van der Waals surface area contributed by atoms with E-state index in [-0.39, 0.29) is 0 Å². The van der Waals surface area contributed by atoms with Crippen molar-refractivity contribution in [3.8, 4) is 0 Å². The van der Waals surface area contributed by atoms with Gasteiger partial charge >= 0.3 is 0 Å². The zero-order valence-corrected chi connectivity index (χ0v) is 9.89. The van der Waals surface area contributed by atoms with E-state index in [1.807, 2.05) is 4.68 Å². The van der Waals surface area contributed by atoms with Gasteiger partial charge in [0, 0.05) is 19.8 Å². The molecule has 1 aromatic rings. The van der Waals surface area contributed by atoms with Crippen molar-refractivity contribution in [2.24, 2.45) is 0 Å². The summed E-state index contributed by atoms with van der Waals surface area (Å²) < 4.78 is 6.98. The number of ether oxygens (including phenoxy) is 1. The summed E-state index contributed by atoms with van der Waals surface area (Å²) in [5.41, 5.74) is 0. The molecule has 0 aromatic carbocycles. The SMILES string of the molecule is COCCC(C)NCc1nnnn1C1CC1. The summed E-state index contributed by atoms with van der Waals surface area (Å²) in [5, 5.41) is 15.2. The van der Waals surface area contributed by atoms with E-state index in [1.165, 1.54) is 12.8 Å². The predicted octanol–water partition coefficient (Wildman–Crippen LogP) is 0.523. The lowest BCUT2D eigenvalue weighted by atomic mass is 10.2. The summed E-state index contributed by atoms with van der Waals surface area (Å²) >= 11 is 0. The Morgan fingerprint density at radius 3 is 3.06 bits per heavy atom. The monoisotopic (exact) mass is 225 g/mol. The summed E-state index contributed by atoms with van der Waals surface area (Å²) in [4.78, 5) is 0. The first kappa shape index (κ1) is 11.5. The summed E-state index contributed by atoms with van der Waals surface area (Å²) in [6, 6.07) is 0.963. The normalized spacial score (nSPS) is 17.6. The molecule has 1 heterocycles. The molecule has 1 saturated carbocycles. The standard InChI is InChI=1S/C10H19N5O/c1-8(5-6-16-2)11-7-10-12-13-14-15(10)9-3-4-9/h8-9,11H,3-7H2,1-2H3. The van der Waals surface area contributed by atoms with E-state index in [1.54, 1.807) is 7.11 Å². The van der Waals surface area contributed by atoms with Crippen LogP contribution in [0.15, 0.2) is 0 Å². The lowest BCUT2D eigenvalue weighted by molar-refractivity contribution is 0.184. The van der Waals surface area contributed by atoms with Crippen LogP contribution in [-0.4, -0.2) is 40.0 Å². The van der Waals surface area contributed by atoms with Crippen LogP contribution in [0.1, 0.15) is 38.1 Å². The number of nitrogens with zero attached hydrogens (tertiary/aromatic N) is 4. The minimum Gasteiger partial charge on any atom is -0.385 e. The van der Waals surface area contributed by atoms with E-state index >= 15 is 0 Å². The van der Waals surface area contributed by atoms with Gasteiger partial charge in [-0.05, 0) is 36.6 Å². The maximum Gasteiger partial charge on any atom is 0.165 e. The summed E-state index contributed by atoms with van der Waals surface area (Å²) in [6.45, 7) is 3.65. The Bertz CT molecular complexity index is 323. The van der Waals surface area contributed by atoms with Crippen LogP contribution < -0.4 is 5.32 Å². The van der Waals surface area contributed by atoms with Gasteiger partial charge in [-0.15, -0.1) is 5.10 Å². The lowest BCUT2D eigenvalue weighted by Gasteiger charge is -2.12. The zero-order valence-electron chi connectivity index (χ0n) is 9.89. The first-order chi connectivity index (χ1) is 7.81. The van der Waals surface area contributed by atoms with Gasteiger partial charge in [-0.3, -0.25) is 0 Å². The van der Waals surface area contributed by atoms with Gasteiger partial charge in [0.15, 0.2) is 5.82 Å². The highest BCUT2D eigenvalue weighted by atomic mass is 16.5. The molecule has 0 bridgehead atoms. The summed E-state index contributed by atoms with van der Waals surface area (Å²) in [5.74, 6) is 0.937. The van der Waals surface area contributed by atoms with Gasteiger partial charge in [-0.25, -0.2) is 4.68 Å². The molecule has 16 heavy (non-hydrogen) atoms. The van der Waals surface area contributed by atoms with Gasteiger partial charge in [-0.2, -0.15) is 0 Å². The number of hydrogen-bond donors (Lipinski definition) is 1. The highest BCUT2D eigenvalue weighted by molar-refractivity contribution is 4.90. The molecule has 1 fully saturated rings. The van der Waals surface area contributed by atoms with E-state index < -0.39 is 0 Å². The molecule has 1 unspecified atom stereocenters. The molecule has 0 radical (unpaired) electrons. The molecular formula is C10H19N5O. The molecule has 0 amide bonds. The van der Waals surface area contributed by atoms with Crippen LogP contribution in [0.2, 0.25) is 0 Å². The van der Waals surface area contributed by atoms with Gasteiger partial charge < -0.3 is 10.1 Å². The quantitative estimate of drug-likeness (QED) is 0.733. The van der Waals surface area contributed by atoms with Crippen LogP contribution in [0, 0.1) is 0 Å². The Labute approximate surface area is 95.4 Å². The third-order valence-corrected chi connectivity index (χ3v) is 2.82. The minimum absolute atomic E-state index is 0.421. The van der Waals surface area contributed by atoms with Gasteiger partial charge in [-0.1, -0.05) is 0 Å². The predicted molar refractivity (Wildman–Crippen MR) is 58.9 cm³/mol. The molecule has 1 aliphatic rings. The average Bonchev–Trinajstić information content (AvgIpc) is 3.03. The molecule has 6 heteroatoms. The Morgan fingerprint density at radius 1 is 1.56 bits per heavy atom. The number of hydrogen-bond acceptors (Lipinski definition) is 5. The van der Waals surface area contributed by atoms with Gasteiger partial charge in [0.05, 0.1) is 12.6 Å². The highest BCUT2D eigenvalue weighted by Gasteiger charge is 2.27. The van der Waals surface area contributed by atoms with Crippen molar-refractivity contribution in [3.63, 3.8) is 0 Å². The van der Waals surface area contributed by atoms with Crippen LogP contribution in [0.5, 0.6) is 0 Å². The van der Waals surface area contributed by atoms with E-state index in [0.29, 0.717) is 12.1 Å². The van der Waals surface area contributed by atoms with Crippen molar-refractivity contribution in [2.75, 3.05) is 13.7 Å². The first-order valence-electron chi connectivity index (χ1n) is 5.80. The maximum atomic E-state index is 5.04. The molecule has 1 atom stereocenters. The number of rotatable bonds is 7. The minimum atomic E-state index is 0.421. The average molecular weight is 225 g/mol. The second kappa shape index (κ2) is 5.36. The second-order valence-corrected chi connectivity index (χ2v) is 4.33. The fraction of sp³-hybridized carbons (Fsp3) is 0.900. The Balaban J connectivity index is 1.77. The molecule has 1 N–H and O–H groups in total. The van der Waals surface area contributed by atoms with Crippen LogP contribution in [0.3, 0.4) is 0 Å². The van der Waals surface area contributed by atoms with Gasteiger partial charge in [0.2, 0.25) is 0 Å². The molecular weight excluding hydrogens is 206 g/mol. The zero-order chi connectivity index (χ0) is 11.4. The van der Waals surface area contributed by atoms with E-state index in [9.17, 15) is 0 Å². The molecule has 1 aliphatic carbocycles. The number of nitrogens with one attached hydrogen (secondary N) is 1. The fourth-order valence-corrected chi connectivity index (χ4v) is 1.59. The van der Waals surface area contributed by atoms with E-state index in [4.69, 9.17) is 4.74 Å². The fourth-order valence-electron chi connectivity index (χ4n) is 1.59. The van der Waals surface area contributed by atoms with Crippen molar-refractivity contribution >= 4 is 0 Å². The number of methoxy groups -OCH3 is 1. The van der Waals surface area contributed by atoms with Crippen molar-refractivity contribution < 1.29 is 4.74 Å². The van der Waals surface area contributed by atoms with Gasteiger partial charge in [0.1, 0.15) is 0 Å². The lowest BCUT2D eigenvalue weighted by Crippen LogP contribution is -2.28. The third kappa shape index (κ3) is 2.99. The van der Waals surface area contributed by atoms with Crippen molar-refractivity contribution in [3.05, 3.63) is 5.82 Å². The highest BCUT2D eigenvalue weighted by Crippen LogP contribution is 2.34. The Hall–Kier alpha value is -1.01. The van der Waals surface area contributed by atoms with Gasteiger partial charge in [0.25, 0.3) is 0 Å². The van der Waals surface area contributed by atoms with E-state index in [2.05, 4.69) is 27.8 Å². The topological polar surface area (TPSA) is 64.9 Å². The van der Waals surface area contributed by atoms with Crippen LogP contribution in [-0.2, 0) is 11.3 Å². The molecule has 6 nitrogen and oxygen atoms in total. The van der Waals surface area contributed by atoms with Crippen LogP contribution in [0.4, 0.5) is 0 Å². The van der Waals surface area contributed by atoms with Crippen molar-refractivity contribution in [1.82, 2.24) is 25.5 Å². The Kier molecular flexibility index (Phi) is 3.84.